The van der Waals surface area contributed by atoms with Gasteiger partial charge in [-0.3, -0.25) is 4.98 Å². The van der Waals surface area contributed by atoms with Crippen LogP contribution < -0.4 is 4.68 Å². The van der Waals surface area contributed by atoms with Crippen LogP contribution in [-0.4, -0.2) is 14.2 Å². The maximum Gasteiger partial charge on any atom is 3.00 e. The van der Waals surface area contributed by atoms with E-state index >= 15 is 0 Å². The number of hydrogen-bond acceptors (Lipinski definition) is 1. The number of rotatable bonds is 2. The topological polar surface area (TPSA) is 26.6 Å². The summed E-state index contributed by atoms with van der Waals surface area (Å²) in [5.74, 6) is 0.954. The second kappa shape index (κ2) is 9.02. The van der Waals surface area contributed by atoms with Crippen molar-refractivity contribution < 1.29 is 24.8 Å². The predicted octanol–water partition coefficient (Wildman–Crippen LogP) is 3.09. The molecule has 0 radical (unpaired) electrons. The smallest absolute Gasteiger partial charge is 0.373 e. The molecule has 2 aromatic carbocycles. The summed E-state index contributed by atoms with van der Waals surface area (Å²) in [5, 5.41) is 0. The third kappa shape index (κ3) is 4.69. The van der Waals surface area contributed by atoms with Crippen molar-refractivity contribution in [3.8, 4) is 17.1 Å². The Bertz CT molecular complexity index is 806. The van der Waals surface area contributed by atoms with Gasteiger partial charge in [0.05, 0.1) is 18.2 Å². The van der Waals surface area contributed by atoms with Crippen molar-refractivity contribution in [2.24, 2.45) is 7.05 Å². The molecule has 4 rings (SSSR count). The minimum atomic E-state index is 0. The summed E-state index contributed by atoms with van der Waals surface area (Å²) in [6.07, 6.45) is 7.55. The van der Waals surface area contributed by atoms with Crippen LogP contribution >= 0.6 is 0 Å². The molecule has 126 valence electrons. The molecule has 0 spiro atoms. The molecule has 4 nitrogen and oxygen atoms in total. The molecule has 0 N–H and O–H groups in total. The Hall–Kier alpha value is -2.62. The van der Waals surface area contributed by atoms with Crippen LogP contribution in [0, 0.1) is 19.2 Å². The maximum absolute atomic E-state index is 4.22. The van der Waals surface area contributed by atoms with Gasteiger partial charge in [-0.1, -0.05) is 6.07 Å². The molecule has 0 aliphatic carbocycles. The van der Waals surface area contributed by atoms with Crippen molar-refractivity contribution in [3.05, 3.63) is 98.6 Å². The van der Waals surface area contributed by atoms with Gasteiger partial charge in [-0.15, -0.1) is 42.0 Å². The minimum absolute atomic E-state index is 0. The predicted molar refractivity (Wildman–Crippen MR) is 93.0 cm³/mol. The first kappa shape index (κ1) is 18.7. The van der Waals surface area contributed by atoms with Gasteiger partial charge in [-0.05, 0) is 5.69 Å². The number of para-hydroxylation sites is 1. The van der Waals surface area contributed by atoms with Crippen LogP contribution in [0.5, 0.6) is 0 Å². The molecule has 4 aromatic rings. The normalized spacial score (nSPS) is 9.64. The molecule has 0 unspecified atom stereocenters. The Morgan fingerprint density at radius 2 is 1.76 bits per heavy atom. The van der Waals surface area contributed by atoms with Crippen LogP contribution in [0.4, 0.5) is 0 Å². The van der Waals surface area contributed by atoms with E-state index < -0.39 is 0 Å². The summed E-state index contributed by atoms with van der Waals surface area (Å²) >= 11 is 0. The fraction of sp³-hybridized carbons (Fsp3) is 0.0500. The van der Waals surface area contributed by atoms with E-state index in [0.717, 1.165) is 17.1 Å². The zero-order valence-corrected chi connectivity index (χ0v) is 16.2. The van der Waals surface area contributed by atoms with Gasteiger partial charge in [-0.25, -0.2) is 4.68 Å². The molecule has 0 amide bonds. The fourth-order valence-electron chi connectivity index (χ4n) is 2.28. The molecular weight excluding hydrogens is 488 g/mol. The Morgan fingerprint density at radius 1 is 1.00 bits per heavy atom. The summed E-state index contributed by atoms with van der Waals surface area (Å²) in [7, 11) is 5.79. The van der Waals surface area contributed by atoms with Gasteiger partial charge in [0.1, 0.15) is 0 Å². The number of imidazole rings is 1. The zero-order chi connectivity index (χ0) is 16.8. The summed E-state index contributed by atoms with van der Waals surface area (Å²) in [6, 6.07) is 23.8. The average molecular weight is 507 g/mol. The molecule has 2 aromatic heterocycles. The van der Waals surface area contributed by atoms with E-state index in [-0.39, 0.29) is 20.1 Å². The summed E-state index contributed by atoms with van der Waals surface area (Å²) in [6.45, 7) is 0. The standard InChI is InChI=1S/2C10H9N2.Ir/c1-11-8-5-9-12(11)10-6-3-2-4-7-10;1-12-8-7-11-10(12)9-5-3-2-4-6-9;/h2-6,8-9H,1H2;2-5,7-8H,1H3;/q2*-1;+3. The van der Waals surface area contributed by atoms with E-state index in [1.807, 2.05) is 89.5 Å². The monoisotopic (exact) mass is 507 g/mol. The number of aryl methyl sites for hydroxylation is 1. The third-order valence-corrected chi connectivity index (χ3v) is 3.47. The molecule has 5 heteroatoms. The Balaban J connectivity index is 0.000000173. The van der Waals surface area contributed by atoms with Gasteiger partial charge >= 0.3 is 20.1 Å². The first-order valence-corrected chi connectivity index (χ1v) is 7.57. The van der Waals surface area contributed by atoms with Gasteiger partial charge in [-0.2, -0.15) is 28.9 Å². The van der Waals surface area contributed by atoms with Crippen LogP contribution in [0.25, 0.3) is 17.1 Å². The molecule has 0 saturated heterocycles. The first-order chi connectivity index (χ1) is 11.8. The third-order valence-electron chi connectivity index (χ3n) is 3.47. The fourth-order valence-corrected chi connectivity index (χ4v) is 2.28. The van der Waals surface area contributed by atoms with Crippen molar-refractivity contribution in [2.75, 3.05) is 0 Å². The Labute approximate surface area is 161 Å². The Morgan fingerprint density at radius 3 is 2.28 bits per heavy atom. The number of hydrogen-bond donors (Lipinski definition) is 0. The van der Waals surface area contributed by atoms with E-state index in [4.69, 9.17) is 0 Å². The summed E-state index contributed by atoms with van der Waals surface area (Å²) in [4.78, 5) is 4.22. The zero-order valence-electron chi connectivity index (χ0n) is 13.8. The molecule has 0 atom stereocenters. The largest absolute Gasteiger partial charge is 3.00 e. The van der Waals surface area contributed by atoms with Gasteiger partial charge < -0.3 is 4.57 Å². The van der Waals surface area contributed by atoms with E-state index in [1.54, 1.807) is 10.9 Å². The molecule has 0 bridgehead atoms. The second-order valence-electron chi connectivity index (χ2n) is 5.16. The van der Waals surface area contributed by atoms with Crippen LogP contribution in [0.3, 0.4) is 0 Å². The van der Waals surface area contributed by atoms with Gasteiger partial charge in [0.15, 0.2) is 0 Å². The van der Waals surface area contributed by atoms with Crippen molar-refractivity contribution in [3.63, 3.8) is 0 Å². The van der Waals surface area contributed by atoms with Crippen LogP contribution in [0.1, 0.15) is 0 Å². The van der Waals surface area contributed by atoms with E-state index in [0.29, 0.717) is 0 Å². The van der Waals surface area contributed by atoms with Crippen LogP contribution in [0.2, 0.25) is 0 Å². The average Bonchev–Trinajstić information content (AvgIpc) is 3.25. The molecule has 0 aliphatic heterocycles. The molecule has 0 fully saturated rings. The van der Waals surface area contributed by atoms with E-state index in [1.165, 1.54) is 0 Å². The number of aromatic nitrogens is 4. The maximum atomic E-state index is 4.22. The molecule has 0 aliphatic rings. The van der Waals surface area contributed by atoms with E-state index in [9.17, 15) is 0 Å². The quantitative estimate of drug-likeness (QED) is 0.303. The van der Waals surface area contributed by atoms with Crippen LogP contribution in [0.15, 0.2) is 79.4 Å². The summed E-state index contributed by atoms with van der Waals surface area (Å²) < 4.78 is 5.65. The van der Waals surface area contributed by atoms with Gasteiger partial charge in [0.25, 0.3) is 0 Å². The molecular formula is C20H18IrN4+. The summed E-state index contributed by atoms with van der Waals surface area (Å²) in [5.41, 5.74) is 2.03. The number of benzene rings is 2. The second-order valence-corrected chi connectivity index (χ2v) is 5.16. The van der Waals surface area contributed by atoms with Crippen molar-refractivity contribution >= 4 is 0 Å². The number of nitrogens with zero attached hydrogens (tertiary/aromatic N) is 4. The van der Waals surface area contributed by atoms with Crippen molar-refractivity contribution in [2.45, 2.75) is 0 Å². The molecule has 25 heavy (non-hydrogen) atoms. The SMILES string of the molecule is Cn1ccnc1-c1[c-]cccc1.[CH2-][n+]1cccn1-c1[c-]cccc1.[Ir+3]. The molecule has 0 saturated carbocycles. The first-order valence-electron chi connectivity index (χ1n) is 7.57. The van der Waals surface area contributed by atoms with Crippen molar-refractivity contribution in [1.29, 1.82) is 0 Å². The van der Waals surface area contributed by atoms with Gasteiger partial charge in [0.2, 0.25) is 0 Å². The Kier molecular flexibility index (Phi) is 6.75. The minimum Gasteiger partial charge on any atom is -0.373 e. The molecule has 2 heterocycles. The van der Waals surface area contributed by atoms with Crippen LogP contribution in [-0.2, 0) is 27.2 Å². The van der Waals surface area contributed by atoms with Gasteiger partial charge in [0, 0.05) is 26.5 Å². The van der Waals surface area contributed by atoms with Crippen molar-refractivity contribution in [1.82, 2.24) is 14.2 Å². The van der Waals surface area contributed by atoms with E-state index in [2.05, 4.69) is 24.2 Å².